The van der Waals surface area contributed by atoms with E-state index in [9.17, 15) is 0 Å². The van der Waals surface area contributed by atoms with Gasteiger partial charge < -0.3 is 5.32 Å². The molecule has 0 bridgehead atoms. The summed E-state index contributed by atoms with van der Waals surface area (Å²) in [6.07, 6.45) is 9.95. The maximum absolute atomic E-state index is 4.86. The molecule has 1 aromatic heterocycles. The zero-order valence-corrected chi connectivity index (χ0v) is 15.0. The van der Waals surface area contributed by atoms with Crippen molar-refractivity contribution in [2.45, 2.75) is 44.1 Å². The lowest BCUT2D eigenvalue weighted by molar-refractivity contribution is 0.253. The van der Waals surface area contributed by atoms with E-state index < -0.39 is 0 Å². The fraction of sp³-hybridized carbons (Fsp3) is 0.292. The SMILES string of the molecule is C(=C1/NC2(CCCCC2)Cc2ccccc21)/c1ccc2ccccc2n1. The molecule has 26 heavy (non-hydrogen) atoms. The molecule has 1 N–H and O–H groups in total. The standard InChI is InChI=1S/C24H24N2/c1-6-14-24(15-7-1)17-19-9-2-4-10-21(19)23(26-24)16-20-13-12-18-8-3-5-11-22(18)25-20/h2-5,8-13,16,26H,1,6-7,14-15,17H2/b23-16-. The van der Waals surface area contributed by atoms with Crippen LogP contribution in [-0.4, -0.2) is 10.5 Å². The minimum absolute atomic E-state index is 0.231. The predicted molar refractivity (Wildman–Crippen MR) is 109 cm³/mol. The van der Waals surface area contributed by atoms with Crippen molar-refractivity contribution >= 4 is 22.7 Å². The van der Waals surface area contributed by atoms with Crippen LogP contribution in [0.1, 0.15) is 48.9 Å². The molecule has 0 radical (unpaired) electrons. The van der Waals surface area contributed by atoms with E-state index in [0.29, 0.717) is 0 Å². The van der Waals surface area contributed by atoms with Crippen molar-refractivity contribution in [3.63, 3.8) is 0 Å². The predicted octanol–water partition coefficient (Wildman–Crippen LogP) is 5.58. The molecule has 0 amide bonds. The Morgan fingerprint density at radius 2 is 1.65 bits per heavy atom. The highest BCUT2D eigenvalue weighted by Gasteiger charge is 2.36. The minimum Gasteiger partial charge on any atom is -0.379 e. The number of fused-ring (bicyclic) bond motifs is 2. The van der Waals surface area contributed by atoms with Gasteiger partial charge in [-0.15, -0.1) is 0 Å². The largest absolute Gasteiger partial charge is 0.379 e. The molecule has 1 aliphatic carbocycles. The van der Waals surface area contributed by atoms with Crippen LogP contribution in [0.4, 0.5) is 0 Å². The van der Waals surface area contributed by atoms with Crippen molar-refractivity contribution in [3.8, 4) is 0 Å². The van der Waals surface area contributed by atoms with Crippen LogP contribution in [0.5, 0.6) is 0 Å². The molecule has 3 aromatic rings. The van der Waals surface area contributed by atoms with Crippen LogP contribution in [0.15, 0.2) is 60.7 Å². The van der Waals surface area contributed by atoms with Gasteiger partial charge >= 0.3 is 0 Å². The number of nitrogens with one attached hydrogen (secondary N) is 1. The number of nitrogens with zero attached hydrogens (tertiary/aromatic N) is 1. The van der Waals surface area contributed by atoms with E-state index in [2.05, 4.69) is 72.1 Å². The van der Waals surface area contributed by atoms with Crippen molar-refractivity contribution in [1.29, 1.82) is 0 Å². The monoisotopic (exact) mass is 340 g/mol. The highest BCUT2D eigenvalue weighted by atomic mass is 15.0. The highest BCUT2D eigenvalue weighted by Crippen LogP contribution is 2.39. The molecule has 1 saturated carbocycles. The van der Waals surface area contributed by atoms with Crippen molar-refractivity contribution < 1.29 is 0 Å². The fourth-order valence-electron chi connectivity index (χ4n) is 4.65. The van der Waals surface area contributed by atoms with Crippen molar-refractivity contribution in [1.82, 2.24) is 10.3 Å². The Morgan fingerprint density at radius 1 is 0.846 bits per heavy atom. The quantitative estimate of drug-likeness (QED) is 0.625. The van der Waals surface area contributed by atoms with Crippen LogP contribution >= 0.6 is 0 Å². The zero-order chi connectivity index (χ0) is 17.4. The third kappa shape index (κ3) is 2.80. The zero-order valence-electron chi connectivity index (χ0n) is 15.0. The van der Waals surface area contributed by atoms with Gasteiger partial charge in [0.2, 0.25) is 0 Å². The van der Waals surface area contributed by atoms with E-state index in [1.54, 1.807) is 0 Å². The summed E-state index contributed by atoms with van der Waals surface area (Å²) < 4.78 is 0. The number of aromatic nitrogens is 1. The minimum atomic E-state index is 0.231. The van der Waals surface area contributed by atoms with E-state index in [1.807, 2.05) is 0 Å². The number of rotatable bonds is 1. The second-order valence-electron chi connectivity index (χ2n) is 7.79. The highest BCUT2D eigenvalue weighted by molar-refractivity contribution is 5.85. The summed E-state index contributed by atoms with van der Waals surface area (Å²) in [5, 5.41) is 5.13. The molecule has 2 heterocycles. The molecule has 1 spiro atoms. The topological polar surface area (TPSA) is 24.9 Å². The molecule has 0 atom stereocenters. The Labute approximate surface area is 155 Å². The van der Waals surface area contributed by atoms with Gasteiger partial charge in [-0.3, -0.25) is 0 Å². The van der Waals surface area contributed by atoms with E-state index >= 15 is 0 Å². The average molecular weight is 340 g/mol. The van der Waals surface area contributed by atoms with Gasteiger partial charge in [0, 0.05) is 22.2 Å². The smallest absolute Gasteiger partial charge is 0.0709 e. The molecule has 2 nitrogen and oxygen atoms in total. The number of para-hydroxylation sites is 1. The lowest BCUT2D eigenvalue weighted by Crippen LogP contribution is -2.50. The van der Waals surface area contributed by atoms with Crippen molar-refractivity contribution in [3.05, 3.63) is 77.5 Å². The van der Waals surface area contributed by atoms with E-state index in [1.165, 1.54) is 54.3 Å². The third-order valence-corrected chi connectivity index (χ3v) is 5.96. The number of benzene rings is 2. The number of hydrogen-bond acceptors (Lipinski definition) is 2. The van der Waals surface area contributed by atoms with Gasteiger partial charge in [0.15, 0.2) is 0 Å². The first-order valence-electron chi connectivity index (χ1n) is 9.75. The Kier molecular flexibility index (Phi) is 3.77. The van der Waals surface area contributed by atoms with Crippen LogP contribution in [-0.2, 0) is 6.42 Å². The molecular formula is C24H24N2. The lowest BCUT2D eigenvalue weighted by Gasteiger charge is -2.44. The molecule has 1 aliphatic heterocycles. The number of hydrogen-bond donors (Lipinski definition) is 1. The van der Waals surface area contributed by atoms with Crippen LogP contribution < -0.4 is 5.32 Å². The van der Waals surface area contributed by atoms with Gasteiger partial charge in [-0.2, -0.15) is 0 Å². The van der Waals surface area contributed by atoms with Gasteiger partial charge in [0.1, 0.15) is 0 Å². The van der Waals surface area contributed by atoms with Crippen molar-refractivity contribution in [2.24, 2.45) is 0 Å². The maximum Gasteiger partial charge on any atom is 0.0709 e. The van der Waals surface area contributed by atoms with Gasteiger partial charge in [-0.25, -0.2) is 4.98 Å². The summed E-state index contributed by atoms with van der Waals surface area (Å²) in [5.41, 5.74) is 6.34. The van der Waals surface area contributed by atoms with Gasteiger partial charge in [-0.1, -0.05) is 67.8 Å². The second kappa shape index (κ2) is 6.28. The van der Waals surface area contributed by atoms with Crippen LogP contribution in [0, 0.1) is 0 Å². The van der Waals surface area contributed by atoms with Crippen LogP contribution in [0.25, 0.3) is 22.7 Å². The summed E-state index contributed by atoms with van der Waals surface area (Å²) in [4.78, 5) is 4.86. The molecule has 2 aromatic carbocycles. The Morgan fingerprint density at radius 3 is 2.58 bits per heavy atom. The average Bonchev–Trinajstić information content (AvgIpc) is 2.68. The lowest BCUT2D eigenvalue weighted by atomic mass is 9.74. The van der Waals surface area contributed by atoms with Crippen LogP contribution in [0.3, 0.4) is 0 Å². The summed E-state index contributed by atoms with van der Waals surface area (Å²) in [7, 11) is 0. The van der Waals surface area contributed by atoms with Gasteiger partial charge in [0.25, 0.3) is 0 Å². The summed E-state index contributed by atoms with van der Waals surface area (Å²) in [6, 6.07) is 21.5. The van der Waals surface area contributed by atoms with Crippen molar-refractivity contribution in [2.75, 3.05) is 0 Å². The molecule has 5 rings (SSSR count). The Hall–Kier alpha value is -2.61. The van der Waals surface area contributed by atoms with E-state index in [-0.39, 0.29) is 5.54 Å². The fourth-order valence-corrected chi connectivity index (χ4v) is 4.65. The summed E-state index contributed by atoms with van der Waals surface area (Å²) in [5.74, 6) is 0. The molecule has 130 valence electrons. The molecule has 1 fully saturated rings. The molecular weight excluding hydrogens is 316 g/mol. The summed E-state index contributed by atoms with van der Waals surface area (Å²) in [6.45, 7) is 0. The Balaban J connectivity index is 1.59. The third-order valence-electron chi connectivity index (χ3n) is 5.96. The van der Waals surface area contributed by atoms with E-state index in [4.69, 9.17) is 4.98 Å². The van der Waals surface area contributed by atoms with Crippen LogP contribution in [0.2, 0.25) is 0 Å². The molecule has 2 heteroatoms. The summed E-state index contributed by atoms with van der Waals surface area (Å²) >= 11 is 0. The molecule has 2 aliphatic rings. The maximum atomic E-state index is 4.86. The van der Waals surface area contributed by atoms with Gasteiger partial charge in [0.05, 0.1) is 11.2 Å². The molecule has 0 saturated heterocycles. The first-order chi connectivity index (χ1) is 12.8. The van der Waals surface area contributed by atoms with E-state index in [0.717, 1.165) is 17.6 Å². The Bertz CT molecular complexity index is 980. The first-order valence-corrected chi connectivity index (χ1v) is 9.75. The van der Waals surface area contributed by atoms with Gasteiger partial charge in [-0.05, 0) is 43.0 Å². The first kappa shape index (κ1) is 15.6. The second-order valence-corrected chi connectivity index (χ2v) is 7.79. The molecule has 0 unspecified atom stereocenters. The normalized spacial score (nSPS) is 20.1. The number of pyridine rings is 1.